The number of aliphatic carboxylic acids is 1. The van der Waals surface area contributed by atoms with Gasteiger partial charge in [-0.3, -0.25) is 10.1 Å². The van der Waals surface area contributed by atoms with Crippen LogP contribution in [0, 0.1) is 6.92 Å². The van der Waals surface area contributed by atoms with E-state index in [9.17, 15) is 9.90 Å². The molecule has 4 aromatic rings. The average molecular weight is 593 g/mol. The first kappa shape index (κ1) is 28.8. The predicted molar refractivity (Wildman–Crippen MR) is 160 cm³/mol. The van der Waals surface area contributed by atoms with E-state index < -0.39 is 12.0 Å². The topological polar surface area (TPSA) is 77.0 Å². The van der Waals surface area contributed by atoms with Crippen molar-refractivity contribution in [3.63, 3.8) is 0 Å². The molecule has 0 radical (unpaired) electrons. The fraction of sp³-hybridized carbons (Fsp3) is 0.242. The van der Waals surface area contributed by atoms with E-state index in [1.54, 1.807) is 0 Å². The van der Waals surface area contributed by atoms with Gasteiger partial charge in [-0.15, -0.1) is 0 Å². The summed E-state index contributed by atoms with van der Waals surface area (Å²) >= 11 is 12.3. The van der Waals surface area contributed by atoms with Crippen LogP contribution in [-0.4, -0.2) is 23.7 Å². The second kappa shape index (κ2) is 12.9. The van der Waals surface area contributed by atoms with Gasteiger partial charge >= 0.3 is 5.97 Å². The van der Waals surface area contributed by atoms with Crippen LogP contribution < -0.4 is 19.5 Å². The predicted octanol–water partition coefficient (Wildman–Crippen LogP) is 7.74. The summed E-state index contributed by atoms with van der Waals surface area (Å²) in [5.41, 5.74) is 4.70. The Labute approximate surface area is 249 Å². The Bertz CT molecular complexity index is 1490. The highest BCUT2D eigenvalue weighted by Gasteiger charge is 2.25. The fourth-order valence-electron chi connectivity index (χ4n) is 4.83. The molecular formula is C33H31Cl2NO5. The summed E-state index contributed by atoms with van der Waals surface area (Å²) < 4.78 is 18.2. The van der Waals surface area contributed by atoms with Gasteiger partial charge in [-0.2, -0.15) is 0 Å². The van der Waals surface area contributed by atoms with Gasteiger partial charge in [0.1, 0.15) is 25.0 Å². The molecule has 2 N–H and O–H groups in total. The number of aryl methyl sites for hydroxylation is 1. The van der Waals surface area contributed by atoms with Gasteiger partial charge in [0.25, 0.3) is 0 Å². The van der Waals surface area contributed by atoms with Crippen molar-refractivity contribution in [2.24, 2.45) is 0 Å². The molecule has 0 saturated carbocycles. The van der Waals surface area contributed by atoms with E-state index in [1.165, 1.54) is 0 Å². The number of halogens is 2. The van der Waals surface area contributed by atoms with E-state index in [1.807, 2.05) is 98.8 Å². The summed E-state index contributed by atoms with van der Waals surface area (Å²) in [5.74, 6) is 1.05. The molecule has 3 atom stereocenters. The van der Waals surface area contributed by atoms with Crippen LogP contribution in [0.15, 0.2) is 84.9 Å². The molecule has 0 bridgehead atoms. The Hall–Kier alpha value is -3.71. The molecule has 8 heteroatoms. The highest BCUT2D eigenvalue weighted by Crippen LogP contribution is 2.37. The zero-order valence-electron chi connectivity index (χ0n) is 22.8. The lowest BCUT2D eigenvalue weighted by Gasteiger charge is -2.27. The highest BCUT2D eigenvalue weighted by molar-refractivity contribution is 6.42. The van der Waals surface area contributed by atoms with Gasteiger partial charge in [0.15, 0.2) is 17.6 Å². The zero-order valence-corrected chi connectivity index (χ0v) is 24.3. The Morgan fingerprint density at radius 1 is 1.00 bits per heavy atom. The van der Waals surface area contributed by atoms with Crippen LogP contribution in [0.25, 0.3) is 0 Å². The van der Waals surface area contributed by atoms with Gasteiger partial charge in [-0.05, 0) is 78.4 Å². The van der Waals surface area contributed by atoms with Gasteiger partial charge in [-0.1, -0.05) is 77.8 Å². The zero-order chi connectivity index (χ0) is 28.9. The summed E-state index contributed by atoms with van der Waals surface area (Å²) in [6, 6.07) is 26.0. The first-order valence-corrected chi connectivity index (χ1v) is 14.2. The monoisotopic (exact) mass is 591 g/mol. The van der Waals surface area contributed by atoms with Crippen molar-refractivity contribution < 1.29 is 24.1 Å². The number of ether oxygens (including phenoxy) is 3. The fourth-order valence-corrected chi connectivity index (χ4v) is 5.22. The van der Waals surface area contributed by atoms with Crippen LogP contribution in [-0.2, 0) is 17.8 Å². The molecule has 0 spiro atoms. The van der Waals surface area contributed by atoms with E-state index in [2.05, 4.69) is 5.32 Å². The van der Waals surface area contributed by atoms with Crippen molar-refractivity contribution in [3.8, 4) is 17.2 Å². The number of fused-ring (bicyclic) bond motifs is 1. The quantitative estimate of drug-likeness (QED) is 0.196. The van der Waals surface area contributed by atoms with Gasteiger partial charge in [0, 0.05) is 6.04 Å². The first-order chi connectivity index (χ1) is 19.8. The van der Waals surface area contributed by atoms with Crippen molar-refractivity contribution in [1.29, 1.82) is 0 Å². The second-order valence-corrected chi connectivity index (χ2v) is 10.9. The lowest BCUT2D eigenvalue weighted by atomic mass is 10.0. The molecule has 4 aromatic carbocycles. The van der Waals surface area contributed by atoms with Crippen molar-refractivity contribution in [1.82, 2.24) is 5.32 Å². The summed E-state index contributed by atoms with van der Waals surface area (Å²) in [4.78, 5) is 12.0. The molecule has 1 heterocycles. The van der Waals surface area contributed by atoms with Gasteiger partial charge < -0.3 is 19.3 Å². The summed E-state index contributed by atoms with van der Waals surface area (Å²) in [6.07, 6.45) is 0.0378. The van der Waals surface area contributed by atoms with Crippen LogP contribution in [0.5, 0.6) is 17.2 Å². The number of hydrogen-bond donors (Lipinski definition) is 2. The molecule has 0 aromatic heterocycles. The smallest absolute Gasteiger partial charge is 0.321 e. The molecule has 212 valence electrons. The van der Waals surface area contributed by atoms with Crippen LogP contribution in [0.2, 0.25) is 10.0 Å². The summed E-state index contributed by atoms with van der Waals surface area (Å²) in [6.45, 7) is 4.59. The number of carboxylic acids is 1. The highest BCUT2D eigenvalue weighted by atomic mass is 35.5. The maximum atomic E-state index is 12.0. The van der Waals surface area contributed by atoms with E-state index in [-0.39, 0.29) is 12.1 Å². The third-order valence-corrected chi connectivity index (χ3v) is 7.98. The van der Waals surface area contributed by atoms with E-state index in [4.69, 9.17) is 37.4 Å². The largest absolute Gasteiger partial charge is 0.489 e. The normalized spacial score (nSPS) is 15.7. The van der Waals surface area contributed by atoms with E-state index in [0.29, 0.717) is 41.2 Å². The Morgan fingerprint density at radius 2 is 1.76 bits per heavy atom. The maximum Gasteiger partial charge on any atom is 0.321 e. The average Bonchev–Trinajstić information content (AvgIpc) is 2.98. The van der Waals surface area contributed by atoms with Crippen LogP contribution in [0.1, 0.15) is 46.9 Å². The van der Waals surface area contributed by atoms with Crippen LogP contribution in [0.4, 0.5) is 0 Å². The van der Waals surface area contributed by atoms with Gasteiger partial charge in [0.2, 0.25) is 0 Å². The minimum atomic E-state index is -0.901. The van der Waals surface area contributed by atoms with Gasteiger partial charge in [-0.25, -0.2) is 0 Å². The second-order valence-electron chi connectivity index (χ2n) is 10.2. The SMILES string of the molecule is Cc1cc(COc2ccc(C3COc4cc(CC(NC(C)c5ccccc5)C(=O)O)ccc4O3)cc2)cc(Cl)c1Cl. The Balaban J connectivity index is 1.19. The molecule has 0 amide bonds. The molecule has 6 nitrogen and oxygen atoms in total. The minimum Gasteiger partial charge on any atom is -0.489 e. The number of benzene rings is 4. The van der Waals surface area contributed by atoms with Crippen molar-refractivity contribution in [2.75, 3.05) is 6.61 Å². The molecule has 0 saturated heterocycles. The van der Waals surface area contributed by atoms with E-state index in [0.717, 1.165) is 33.6 Å². The number of hydrogen-bond acceptors (Lipinski definition) is 5. The van der Waals surface area contributed by atoms with Crippen molar-refractivity contribution >= 4 is 29.2 Å². The summed E-state index contributed by atoms with van der Waals surface area (Å²) in [5, 5.41) is 14.1. The molecular weight excluding hydrogens is 561 g/mol. The molecule has 0 fully saturated rings. The van der Waals surface area contributed by atoms with Crippen molar-refractivity contribution in [2.45, 2.75) is 45.1 Å². The van der Waals surface area contributed by atoms with E-state index >= 15 is 0 Å². The molecule has 1 aliphatic heterocycles. The number of nitrogens with one attached hydrogen (secondary N) is 1. The third kappa shape index (κ3) is 7.14. The molecule has 3 unspecified atom stereocenters. The lowest BCUT2D eigenvalue weighted by molar-refractivity contribution is -0.139. The molecule has 41 heavy (non-hydrogen) atoms. The van der Waals surface area contributed by atoms with Crippen LogP contribution in [0.3, 0.4) is 0 Å². The third-order valence-electron chi connectivity index (χ3n) is 7.08. The molecule has 0 aliphatic carbocycles. The number of carbonyl (C=O) groups is 1. The standard InChI is InChI=1S/C33H31Cl2NO5/c1-20-14-23(15-27(34)32(20)35)18-39-26-11-9-25(10-12-26)31-19-40-30-17-22(8-13-29(30)41-31)16-28(33(37)38)36-21(2)24-6-4-3-5-7-24/h3-15,17,21,28,31,36H,16,18-19H2,1-2H3,(H,37,38). The Kier molecular flexibility index (Phi) is 9.03. The molecule has 1 aliphatic rings. The molecule has 5 rings (SSSR count). The minimum absolute atomic E-state index is 0.104. The summed E-state index contributed by atoms with van der Waals surface area (Å²) in [7, 11) is 0. The van der Waals surface area contributed by atoms with Crippen molar-refractivity contribution in [3.05, 3.63) is 123 Å². The Morgan fingerprint density at radius 3 is 2.46 bits per heavy atom. The van der Waals surface area contributed by atoms with Crippen LogP contribution >= 0.6 is 23.2 Å². The van der Waals surface area contributed by atoms with Gasteiger partial charge in [0.05, 0.1) is 10.0 Å². The maximum absolute atomic E-state index is 12.0. The lowest BCUT2D eigenvalue weighted by Crippen LogP contribution is -2.40. The number of rotatable bonds is 10. The first-order valence-electron chi connectivity index (χ1n) is 13.4. The number of carboxylic acid groups (broad SMARTS) is 1.